The minimum atomic E-state index is -0.232. The van der Waals surface area contributed by atoms with Crippen molar-refractivity contribution in [3.05, 3.63) is 5.08 Å². The van der Waals surface area contributed by atoms with Crippen molar-refractivity contribution >= 4 is 23.5 Å². The van der Waals surface area contributed by atoms with Crippen molar-refractivity contribution in [1.29, 1.82) is 0 Å². The first kappa shape index (κ1) is 8.71. The molecule has 10 heavy (non-hydrogen) atoms. The second-order valence-corrected chi connectivity index (χ2v) is 4.55. The SMILES string of the molecule is OCC1(CO)CS[CH]SC1. The third-order valence-corrected chi connectivity index (χ3v) is 4.23. The summed E-state index contributed by atoms with van der Waals surface area (Å²) in [6.07, 6.45) is 0. The molecule has 2 nitrogen and oxygen atoms in total. The van der Waals surface area contributed by atoms with Crippen LogP contribution in [0.4, 0.5) is 0 Å². The van der Waals surface area contributed by atoms with Gasteiger partial charge in [0.05, 0.1) is 18.3 Å². The van der Waals surface area contributed by atoms with Gasteiger partial charge < -0.3 is 10.2 Å². The summed E-state index contributed by atoms with van der Waals surface area (Å²) in [5.41, 5.74) is -0.232. The minimum Gasteiger partial charge on any atom is -0.396 e. The Morgan fingerprint density at radius 2 is 1.70 bits per heavy atom. The van der Waals surface area contributed by atoms with Gasteiger partial charge >= 0.3 is 0 Å². The second-order valence-electron chi connectivity index (χ2n) is 2.53. The van der Waals surface area contributed by atoms with E-state index in [-0.39, 0.29) is 18.6 Å². The van der Waals surface area contributed by atoms with Gasteiger partial charge in [-0.3, -0.25) is 0 Å². The van der Waals surface area contributed by atoms with Crippen LogP contribution in [-0.2, 0) is 0 Å². The average molecular weight is 179 g/mol. The third kappa shape index (κ3) is 1.81. The molecule has 1 fully saturated rings. The molecule has 1 aliphatic heterocycles. The van der Waals surface area contributed by atoms with Crippen LogP contribution in [0.5, 0.6) is 0 Å². The van der Waals surface area contributed by atoms with Crippen LogP contribution in [0.2, 0.25) is 0 Å². The number of thioether (sulfide) groups is 2. The van der Waals surface area contributed by atoms with E-state index in [4.69, 9.17) is 10.2 Å². The normalized spacial score (nSPS) is 24.6. The van der Waals surface area contributed by atoms with Crippen molar-refractivity contribution in [3.8, 4) is 0 Å². The molecule has 2 N–H and O–H groups in total. The lowest BCUT2D eigenvalue weighted by molar-refractivity contribution is 0.0930. The van der Waals surface area contributed by atoms with E-state index in [0.29, 0.717) is 0 Å². The number of hydrogen-bond donors (Lipinski definition) is 2. The predicted molar refractivity (Wildman–Crippen MR) is 45.8 cm³/mol. The summed E-state index contributed by atoms with van der Waals surface area (Å²) < 4.78 is 0. The van der Waals surface area contributed by atoms with Gasteiger partial charge in [0.15, 0.2) is 0 Å². The van der Waals surface area contributed by atoms with Gasteiger partial charge in [-0.2, -0.15) is 0 Å². The number of aliphatic hydroxyl groups excluding tert-OH is 2. The highest BCUT2D eigenvalue weighted by molar-refractivity contribution is 8.19. The van der Waals surface area contributed by atoms with Gasteiger partial charge in [-0.15, -0.1) is 23.5 Å². The molecule has 0 aromatic rings. The Labute approximate surface area is 69.4 Å². The van der Waals surface area contributed by atoms with Crippen LogP contribution < -0.4 is 0 Å². The predicted octanol–water partition coefficient (Wildman–Crippen LogP) is 0.557. The highest BCUT2D eigenvalue weighted by Gasteiger charge is 2.31. The van der Waals surface area contributed by atoms with E-state index in [2.05, 4.69) is 5.08 Å². The standard InChI is InChI=1S/C6H11O2S2/c7-1-6(2-8)3-9-5-10-4-6/h5,7-8H,1-4H2. The quantitative estimate of drug-likeness (QED) is 0.650. The minimum absolute atomic E-state index is 0.0946. The van der Waals surface area contributed by atoms with Crippen LogP contribution in [-0.4, -0.2) is 34.9 Å². The summed E-state index contributed by atoms with van der Waals surface area (Å²) in [7, 11) is 0. The molecule has 0 bridgehead atoms. The van der Waals surface area contributed by atoms with Gasteiger partial charge in [0.1, 0.15) is 0 Å². The maximum absolute atomic E-state index is 8.94. The van der Waals surface area contributed by atoms with Crippen molar-refractivity contribution < 1.29 is 10.2 Å². The first-order valence-electron chi connectivity index (χ1n) is 3.10. The summed E-state index contributed by atoms with van der Waals surface area (Å²) in [6, 6.07) is 0. The van der Waals surface area contributed by atoms with Gasteiger partial charge in [0.2, 0.25) is 0 Å². The van der Waals surface area contributed by atoms with E-state index < -0.39 is 0 Å². The highest BCUT2D eigenvalue weighted by Crippen LogP contribution is 2.37. The highest BCUT2D eigenvalue weighted by atomic mass is 32.2. The molecular weight excluding hydrogens is 168 g/mol. The fourth-order valence-corrected chi connectivity index (χ4v) is 3.08. The fourth-order valence-electron chi connectivity index (χ4n) is 0.744. The zero-order chi connectivity index (χ0) is 7.45. The Bertz CT molecular complexity index is 95.9. The van der Waals surface area contributed by atoms with E-state index in [1.807, 2.05) is 0 Å². The van der Waals surface area contributed by atoms with Crippen LogP contribution in [0.15, 0.2) is 0 Å². The van der Waals surface area contributed by atoms with Gasteiger partial charge in [-0.25, -0.2) is 0 Å². The monoisotopic (exact) mass is 179 g/mol. The molecule has 0 aliphatic carbocycles. The Balaban J connectivity index is 2.44. The third-order valence-electron chi connectivity index (χ3n) is 1.59. The maximum atomic E-state index is 8.94. The van der Waals surface area contributed by atoms with E-state index in [0.717, 1.165) is 11.5 Å². The number of hydrogen-bond acceptors (Lipinski definition) is 4. The largest absolute Gasteiger partial charge is 0.396 e. The van der Waals surface area contributed by atoms with Crippen molar-refractivity contribution in [2.24, 2.45) is 5.41 Å². The molecule has 0 spiro atoms. The van der Waals surface area contributed by atoms with Crippen LogP contribution >= 0.6 is 23.5 Å². The fraction of sp³-hybridized carbons (Fsp3) is 0.833. The first-order valence-corrected chi connectivity index (χ1v) is 5.19. The zero-order valence-corrected chi connectivity index (χ0v) is 7.25. The van der Waals surface area contributed by atoms with Crippen LogP contribution in [0.25, 0.3) is 0 Å². The molecule has 0 unspecified atom stereocenters. The van der Waals surface area contributed by atoms with Crippen LogP contribution in [0, 0.1) is 10.5 Å². The van der Waals surface area contributed by atoms with Gasteiger partial charge in [-0.1, -0.05) is 0 Å². The Morgan fingerprint density at radius 3 is 2.00 bits per heavy atom. The summed E-state index contributed by atoms with van der Waals surface area (Å²) in [4.78, 5) is 0. The molecule has 1 saturated heterocycles. The summed E-state index contributed by atoms with van der Waals surface area (Å²) in [5.74, 6) is 1.68. The molecule has 1 heterocycles. The van der Waals surface area contributed by atoms with E-state index >= 15 is 0 Å². The topological polar surface area (TPSA) is 40.5 Å². The number of aliphatic hydroxyl groups is 2. The van der Waals surface area contributed by atoms with Crippen LogP contribution in [0.1, 0.15) is 0 Å². The second kappa shape index (κ2) is 3.85. The van der Waals surface area contributed by atoms with Crippen molar-refractivity contribution in [3.63, 3.8) is 0 Å². The van der Waals surface area contributed by atoms with Crippen molar-refractivity contribution in [1.82, 2.24) is 0 Å². The lowest BCUT2D eigenvalue weighted by Gasteiger charge is -2.32. The molecule has 0 atom stereocenters. The molecule has 4 heteroatoms. The molecule has 59 valence electrons. The Morgan fingerprint density at radius 1 is 1.20 bits per heavy atom. The molecule has 1 aliphatic rings. The molecule has 1 rings (SSSR count). The molecule has 0 aromatic carbocycles. The lowest BCUT2D eigenvalue weighted by atomic mass is 9.96. The van der Waals surface area contributed by atoms with Gasteiger partial charge in [0.25, 0.3) is 0 Å². The van der Waals surface area contributed by atoms with Crippen molar-refractivity contribution in [2.75, 3.05) is 24.7 Å². The molecule has 1 radical (unpaired) electrons. The van der Waals surface area contributed by atoms with E-state index in [1.54, 1.807) is 23.5 Å². The van der Waals surface area contributed by atoms with Crippen molar-refractivity contribution in [2.45, 2.75) is 0 Å². The Kier molecular flexibility index (Phi) is 3.36. The zero-order valence-electron chi connectivity index (χ0n) is 5.62. The van der Waals surface area contributed by atoms with E-state index in [9.17, 15) is 0 Å². The summed E-state index contributed by atoms with van der Waals surface area (Å²) in [6.45, 7) is 0.189. The molecule has 0 amide bonds. The van der Waals surface area contributed by atoms with Crippen LogP contribution in [0.3, 0.4) is 0 Å². The maximum Gasteiger partial charge on any atom is 0.0712 e. The van der Waals surface area contributed by atoms with E-state index in [1.165, 1.54) is 0 Å². The average Bonchev–Trinajstić information content (AvgIpc) is 2.06. The van der Waals surface area contributed by atoms with Gasteiger partial charge in [0, 0.05) is 16.9 Å². The number of rotatable bonds is 2. The van der Waals surface area contributed by atoms with Gasteiger partial charge in [-0.05, 0) is 0 Å². The Hall–Kier alpha value is 0.620. The summed E-state index contributed by atoms with van der Waals surface area (Å²) >= 11 is 3.34. The smallest absolute Gasteiger partial charge is 0.0712 e. The first-order chi connectivity index (χ1) is 4.83. The lowest BCUT2D eigenvalue weighted by Crippen LogP contribution is -2.36. The molecule has 0 saturated carbocycles. The molecular formula is C6H11O2S2. The molecule has 0 aromatic heterocycles. The summed E-state index contributed by atoms with van der Waals surface area (Å²) in [5, 5.41) is 19.9.